The lowest BCUT2D eigenvalue weighted by Crippen LogP contribution is -2.41. The Kier molecular flexibility index (Phi) is 6.16. The third kappa shape index (κ3) is 4.55. The van der Waals surface area contributed by atoms with Gasteiger partial charge in [-0.15, -0.1) is 0 Å². The molecule has 3 N–H and O–H groups in total. The van der Waals surface area contributed by atoms with E-state index in [1.165, 1.54) is 0 Å². The summed E-state index contributed by atoms with van der Waals surface area (Å²) >= 11 is 17.9. The zero-order valence-electron chi connectivity index (χ0n) is 13.9. The van der Waals surface area contributed by atoms with Crippen molar-refractivity contribution in [1.82, 2.24) is 16.3 Å². The summed E-state index contributed by atoms with van der Waals surface area (Å²) in [6.45, 7) is 1.82. The van der Waals surface area contributed by atoms with Gasteiger partial charge in [0.05, 0.1) is 15.8 Å². The molecule has 0 saturated carbocycles. The molecule has 1 aliphatic rings. The van der Waals surface area contributed by atoms with Gasteiger partial charge in [0.1, 0.15) is 6.04 Å². The van der Waals surface area contributed by atoms with Crippen molar-refractivity contribution in [3.63, 3.8) is 0 Å². The van der Waals surface area contributed by atoms with Gasteiger partial charge < -0.3 is 0 Å². The zero-order valence-corrected chi connectivity index (χ0v) is 16.2. The molecule has 0 spiro atoms. The molecule has 2 atom stereocenters. The summed E-state index contributed by atoms with van der Waals surface area (Å²) in [5.41, 5.74) is 11.2. The first-order chi connectivity index (χ1) is 12.4. The number of benzene rings is 2. The van der Waals surface area contributed by atoms with Gasteiger partial charge in [-0.2, -0.15) is 5.10 Å². The maximum absolute atomic E-state index is 12.3. The van der Waals surface area contributed by atoms with Crippen LogP contribution in [-0.2, 0) is 4.79 Å². The van der Waals surface area contributed by atoms with Crippen molar-refractivity contribution in [2.75, 3.05) is 0 Å². The third-order valence-corrected chi connectivity index (χ3v) is 5.15. The molecule has 26 heavy (non-hydrogen) atoms. The van der Waals surface area contributed by atoms with Crippen LogP contribution in [0.5, 0.6) is 0 Å². The van der Waals surface area contributed by atoms with Gasteiger partial charge in [-0.05, 0) is 48.7 Å². The molecule has 2 aromatic rings. The van der Waals surface area contributed by atoms with Crippen LogP contribution in [0.15, 0.2) is 47.6 Å². The maximum atomic E-state index is 12.3. The van der Waals surface area contributed by atoms with Crippen LogP contribution in [0.25, 0.3) is 0 Å². The van der Waals surface area contributed by atoms with Crippen molar-refractivity contribution in [1.29, 1.82) is 0 Å². The smallest absolute Gasteiger partial charge is 0.258 e. The van der Waals surface area contributed by atoms with Crippen LogP contribution in [-0.4, -0.2) is 17.7 Å². The van der Waals surface area contributed by atoms with E-state index in [2.05, 4.69) is 21.4 Å². The third-order valence-electron chi connectivity index (χ3n) is 4.16. The predicted molar refractivity (Wildman–Crippen MR) is 106 cm³/mol. The highest BCUT2D eigenvalue weighted by Gasteiger charge is 2.30. The number of hydrogen-bond acceptors (Lipinski definition) is 4. The van der Waals surface area contributed by atoms with Crippen molar-refractivity contribution < 1.29 is 4.79 Å². The summed E-state index contributed by atoms with van der Waals surface area (Å²) < 4.78 is 0. The number of halogens is 3. The van der Waals surface area contributed by atoms with Crippen LogP contribution in [0, 0.1) is 0 Å². The quantitative estimate of drug-likeness (QED) is 0.524. The topological polar surface area (TPSA) is 65.5 Å². The van der Waals surface area contributed by atoms with E-state index < -0.39 is 6.04 Å². The van der Waals surface area contributed by atoms with Crippen molar-refractivity contribution in [2.24, 2.45) is 5.10 Å². The molecule has 3 rings (SSSR count). The Morgan fingerprint density at radius 2 is 1.81 bits per heavy atom. The molecule has 0 aliphatic carbocycles. The number of carbonyl (C=O) groups is 1. The molecular formula is C18H17Cl3N4O. The van der Waals surface area contributed by atoms with Crippen molar-refractivity contribution >= 4 is 46.4 Å². The largest absolute Gasteiger partial charge is 0.271 e. The van der Waals surface area contributed by atoms with Crippen LogP contribution >= 0.6 is 34.8 Å². The number of rotatable bonds is 4. The predicted octanol–water partition coefficient (Wildman–Crippen LogP) is 4.09. The number of hydrazine groups is 1. The molecule has 1 saturated heterocycles. The van der Waals surface area contributed by atoms with E-state index in [1.54, 1.807) is 24.3 Å². The van der Waals surface area contributed by atoms with E-state index in [4.69, 9.17) is 34.8 Å². The molecule has 136 valence electrons. The van der Waals surface area contributed by atoms with Gasteiger partial charge in [0.15, 0.2) is 0 Å². The minimum absolute atomic E-state index is 0.0399. The molecule has 0 bridgehead atoms. The fraction of sp³-hybridized carbons (Fsp3) is 0.222. The van der Waals surface area contributed by atoms with Gasteiger partial charge in [0, 0.05) is 11.1 Å². The molecule has 1 amide bonds. The van der Waals surface area contributed by atoms with E-state index in [1.807, 2.05) is 25.1 Å². The number of nitrogens with zero attached hydrogens (tertiary/aromatic N) is 1. The normalized spacial score (nSPS) is 20.2. The average molecular weight is 412 g/mol. The second-order valence-electron chi connectivity index (χ2n) is 5.98. The molecule has 1 heterocycles. The standard InChI is InChI=1S/C18H17Cl3N4O/c1-10(11-2-5-13(19)6-3-11)22-25-18(26)17-9-16(23-24-17)12-4-7-14(20)15(21)8-12/h2-8,16-17,23-24H,9H2,1H3,(H,25,26)/b22-10+. The zero-order chi connectivity index (χ0) is 18.7. The summed E-state index contributed by atoms with van der Waals surface area (Å²) in [7, 11) is 0. The molecule has 0 radical (unpaired) electrons. The second kappa shape index (κ2) is 8.37. The highest BCUT2D eigenvalue weighted by molar-refractivity contribution is 6.42. The highest BCUT2D eigenvalue weighted by atomic mass is 35.5. The molecule has 1 aliphatic heterocycles. The van der Waals surface area contributed by atoms with Gasteiger partial charge >= 0.3 is 0 Å². The number of amides is 1. The monoisotopic (exact) mass is 410 g/mol. The Hall–Kier alpha value is -1.63. The molecule has 0 aromatic heterocycles. The lowest BCUT2D eigenvalue weighted by atomic mass is 10.0. The Morgan fingerprint density at radius 3 is 2.50 bits per heavy atom. The number of hydrogen-bond donors (Lipinski definition) is 3. The molecule has 5 nitrogen and oxygen atoms in total. The summed E-state index contributed by atoms with van der Waals surface area (Å²) in [6.07, 6.45) is 0.569. The summed E-state index contributed by atoms with van der Waals surface area (Å²) in [5.74, 6) is -0.214. The fourth-order valence-electron chi connectivity index (χ4n) is 2.65. The van der Waals surface area contributed by atoms with Gasteiger partial charge in [-0.25, -0.2) is 16.3 Å². The van der Waals surface area contributed by atoms with E-state index in [0.29, 0.717) is 27.2 Å². The van der Waals surface area contributed by atoms with Gasteiger partial charge in [-0.1, -0.05) is 53.0 Å². The van der Waals surface area contributed by atoms with Crippen LogP contribution in [0.1, 0.15) is 30.5 Å². The summed E-state index contributed by atoms with van der Waals surface area (Å²) in [4.78, 5) is 12.3. The van der Waals surface area contributed by atoms with Crippen LogP contribution < -0.4 is 16.3 Å². The lowest BCUT2D eigenvalue weighted by molar-refractivity contribution is -0.122. The van der Waals surface area contributed by atoms with Crippen molar-refractivity contribution in [3.05, 3.63) is 68.7 Å². The fourth-order valence-corrected chi connectivity index (χ4v) is 3.08. The van der Waals surface area contributed by atoms with Crippen molar-refractivity contribution in [3.8, 4) is 0 Å². The second-order valence-corrected chi connectivity index (χ2v) is 7.23. The number of hydrazone groups is 1. The lowest BCUT2D eigenvalue weighted by Gasteiger charge is -2.10. The highest BCUT2D eigenvalue weighted by Crippen LogP contribution is 2.29. The van der Waals surface area contributed by atoms with Crippen LogP contribution in [0.3, 0.4) is 0 Å². The Morgan fingerprint density at radius 1 is 1.08 bits per heavy atom. The van der Waals surface area contributed by atoms with Crippen molar-refractivity contribution in [2.45, 2.75) is 25.4 Å². The average Bonchev–Trinajstić information content (AvgIpc) is 3.12. The van der Waals surface area contributed by atoms with Gasteiger partial charge in [0.2, 0.25) is 0 Å². The van der Waals surface area contributed by atoms with Crippen LogP contribution in [0.4, 0.5) is 0 Å². The summed E-state index contributed by atoms with van der Waals surface area (Å²) in [6, 6.07) is 12.2. The van der Waals surface area contributed by atoms with E-state index in [9.17, 15) is 4.79 Å². The maximum Gasteiger partial charge on any atom is 0.258 e. The molecule has 8 heteroatoms. The Labute approximate surface area is 166 Å². The SMILES string of the molecule is C/C(=N\NC(=O)C1CC(c2ccc(Cl)c(Cl)c2)NN1)c1ccc(Cl)cc1. The molecular weight excluding hydrogens is 395 g/mol. The first kappa shape index (κ1) is 19.1. The van der Waals surface area contributed by atoms with E-state index in [0.717, 1.165) is 11.1 Å². The number of nitrogens with one attached hydrogen (secondary N) is 3. The Balaban J connectivity index is 1.59. The summed E-state index contributed by atoms with van der Waals surface area (Å²) in [5, 5.41) is 5.80. The van der Waals surface area contributed by atoms with Gasteiger partial charge in [-0.3, -0.25) is 4.79 Å². The first-order valence-electron chi connectivity index (χ1n) is 8.00. The molecule has 2 unspecified atom stereocenters. The minimum atomic E-state index is -0.406. The molecule has 1 fully saturated rings. The number of carbonyl (C=O) groups excluding carboxylic acids is 1. The van der Waals surface area contributed by atoms with Gasteiger partial charge in [0.25, 0.3) is 5.91 Å². The minimum Gasteiger partial charge on any atom is -0.271 e. The Bertz CT molecular complexity index is 839. The van der Waals surface area contributed by atoms with E-state index in [-0.39, 0.29) is 11.9 Å². The van der Waals surface area contributed by atoms with E-state index >= 15 is 0 Å². The first-order valence-corrected chi connectivity index (χ1v) is 9.13. The van der Waals surface area contributed by atoms with Crippen LogP contribution in [0.2, 0.25) is 15.1 Å². The molecule has 2 aromatic carbocycles.